The molecule has 0 aromatic heterocycles. The number of anilines is 1. The van der Waals surface area contributed by atoms with Gasteiger partial charge in [0.15, 0.2) is 0 Å². The lowest BCUT2D eigenvalue weighted by Crippen LogP contribution is -2.48. The molecule has 7 heteroatoms. The second kappa shape index (κ2) is 11.2. The first-order chi connectivity index (χ1) is 16.9. The molecule has 1 heterocycles. The van der Waals surface area contributed by atoms with Crippen LogP contribution in [0.25, 0.3) is 10.8 Å². The number of nitrogens with one attached hydrogen (secondary N) is 2. The van der Waals surface area contributed by atoms with Gasteiger partial charge in [-0.25, -0.2) is 8.42 Å². The van der Waals surface area contributed by atoms with E-state index in [1.54, 1.807) is 42.5 Å². The summed E-state index contributed by atoms with van der Waals surface area (Å²) >= 11 is 0. The van der Waals surface area contributed by atoms with Crippen molar-refractivity contribution in [1.82, 2.24) is 10.2 Å². The van der Waals surface area contributed by atoms with Gasteiger partial charge in [-0.3, -0.25) is 9.52 Å². The van der Waals surface area contributed by atoms with Crippen LogP contribution in [0.4, 0.5) is 5.69 Å². The number of carbonyl (C=O) groups is 1. The van der Waals surface area contributed by atoms with Crippen molar-refractivity contribution < 1.29 is 13.2 Å². The zero-order valence-electron chi connectivity index (χ0n) is 20.5. The Bertz CT molecular complexity index is 1280. The van der Waals surface area contributed by atoms with Crippen molar-refractivity contribution in [1.29, 1.82) is 0 Å². The molecule has 4 rings (SSSR count). The first-order valence-corrected chi connectivity index (χ1v) is 14.0. The maximum atomic E-state index is 13.6. The summed E-state index contributed by atoms with van der Waals surface area (Å²) in [4.78, 5) is 15.8. The highest BCUT2D eigenvalue weighted by molar-refractivity contribution is 7.92. The molecule has 1 amide bonds. The van der Waals surface area contributed by atoms with Gasteiger partial charge in [-0.2, -0.15) is 0 Å². The lowest BCUT2D eigenvalue weighted by molar-refractivity contribution is 0.0615. The highest BCUT2D eigenvalue weighted by Crippen LogP contribution is 2.26. The molecule has 3 aromatic carbocycles. The van der Waals surface area contributed by atoms with Crippen molar-refractivity contribution in [3.05, 3.63) is 72.3 Å². The Hall–Kier alpha value is -2.90. The van der Waals surface area contributed by atoms with Gasteiger partial charge in [-0.05, 0) is 66.4 Å². The van der Waals surface area contributed by atoms with Crippen LogP contribution in [0.3, 0.4) is 0 Å². The van der Waals surface area contributed by atoms with Gasteiger partial charge in [0.2, 0.25) is 0 Å². The van der Waals surface area contributed by atoms with E-state index >= 15 is 0 Å². The molecule has 1 saturated heterocycles. The molecule has 1 fully saturated rings. The normalized spacial score (nSPS) is 17.7. The maximum absolute atomic E-state index is 13.6. The predicted molar refractivity (Wildman–Crippen MR) is 142 cm³/mol. The first-order valence-electron chi connectivity index (χ1n) is 12.6. The van der Waals surface area contributed by atoms with Crippen LogP contribution >= 0.6 is 0 Å². The number of hydrogen-bond donors (Lipinski definition) is 2. The van der Waals surface area contributed by atoms with E-state index in [0.29, 0.717) is 23.7 Å². The number of benzene rings is 3. The highest BCUT2D eigenvalue weighted by atomic mass is 32.2. The van der Waals surface area contributed by atoms with Gasteiger partial charge in [0, 0.05) is 30.4 Å². The summed E-state index contributed by atoms with van der Waals surface area (Å²) < 4.78 is 28.9. The van der Waals surface area contributed by atoms with E-state index < -0.39 is 10.0 Å². The van der Waals surface area contributed by atoms with Gasteiger partial charge < -0.3 is 10.2 Å². The van der Waals surface area contributed by atoms with Crippen LogP contribution in [0.15, 0.2) is 71.6 Å². The average Bonchev–Trinajstić information content (AvgIpc) is 3.12. The van der Waals surface area contributed by atoms with E-state index in [1.807, 2.05) is 29.2 Å². The second-order valence-corrected chi connectivity index (χ2v) is 11.0. The molecule has 0 radical (unpaired) electrons. The number of rotatable bonds is 8. The summed E-state index contributed by atoms with van der Waals surface area (Å²) in [5.74, 6) is 0.393. The number of sulfonamides is 1. The predicted octanol–water partition coefficient (Wildman–Crippen LogP) is 5.27. The summed E-state index contributed by atoms with van der Waals surface area (Å²) in [6, 6.07) is 19.7. The third-order valence-electron chi connectivity index (χ3n) is 6.89. The number of carbonyl (C=O) groups excluding carboxylic acids is 1. The van der Waals surface area contributed by atoms with Crippen molar-refractivity contribution >= 4 is 32.4 Å². The van der Waals surface area contributed by atoms with Crippen molar-refractivity contribution in [2.75, 3.05) is 24.4 Å². The average molecular weight is 494 g/mol. The van der Waals surface area contributed by atoms with Gasteiger partial charge in [0.05, 0.1) is 4.90 Å². The van der Waals surface area contributed by atoms with E-state index in [4.69, 9.17) is 0 Å². The summed E-state index contributed by atoms with van der Waals surface area (Å²) in [5, 5.41) is 5.33. The quantitative estimate of drug-likeness (QED) is 0.448. The van der Waals surface area contributed by atoms with Gasteiger partial charge in [-0.1, -0.05) is 63.1 Å². The van der Waals surface area contributed by atoms with Crippen molar-refractivity contribution in [3.63, 3.8) is 0 Å². The summed E-state index contributed by atoms with van der Waals surface area (Å²) in [7, 11) is -3.80. The fourth-order valence-corrected chi connectivity index (χ4v) is 6.13. The molecule has 0 bridgehead atoms. The second-order valence-electron chi connectivity index (χ2n) is 9.28. The SMILES string of the molecule is CCCC(CC)C1CNCCCN1C(=O)c1cccc(NS(=O)(=O)c2ccc3ccccc3c2)c1. The van der Waals surface area contributed by atoms with Gasteiger partial charge in [0.25, 0.3) is 15.9 Å². The van der Waals surface area contributed by atoms with Crippen LogP contribution < -0.4 is 10.0 Å². The molecule has 3 aromatic rings. The summed E-state index contributed by atoms with van der Waals surface area (Å²) in [6.45, 7) is 6.76. The fraction of sp³-hybridized carbons (Fsp3) is 0.393. The van der Waals surface area contributed by atoms with E-state index in [-0.39, 0.29) is 16.8 Å². The lowest BCUT2D eigenvalue weighted by atomic mass is 9.90. The Morgan fingerprint density at radius 1 is 1.06 bits per heavy atom. The molecule has 1 aliphatic heterocycles. The number of fused-ring (bicyclic) bond motifs is 1. The summed E-state index contributed by atoms with van der Waals surface area (Å²) in [5.41, 5.74) is 0.885. The standard InChI is InChI=1S/C28H35N3O3S/c1-3-9-21(4-2)27-20-29-16-8-17-31(27)28(32)24-12-7-13-25(18-24)30-35(33,34)26-15-14-22-10-5-6-11-23(22)19-26/h5-7,10-15,18-19,21,27,29-30H,3-4,8-9,16-17,20H2,1-2H3. The highest BCUT2D eigenvalue weighted by Gasteiger charge is 2.31. The summed E-state index contributed by atoms with van der Waals surface area (Å²) in [6.07, 6.45) is 4.09. The molecular formula is C28H35N3O3S. The monoisotopic (exact) mass is 493 g/mol. The molecule has 2 N–H and O–H groups in total. The minimum Gasteiger partial charge on any atom is -0.334 e. The Balaban J connectivity index is 1.57. The third-order valence-corrected chi connectivity index (χ3v) is 8.27. The van der Waals surface area contributed by atoms with E-state index in [2.05, 4.69) is 23.9 Å². The zero-order valence-corrected chi connectivity index (χ0v) is 21.4. The van der Waals surface area contributed by atoms with Crippen LogP contribution in [0.2, 0.25) is 0 Å². The molecule has 1 aliphatic rings. The first kappa shape index (κ1) is 25.2. The molecule has 35 heavy (non-hydrogen) atoms. The number of nitrogens with zero attached hydrogens (tertiary/aromatic N) is 1. The van der Waals surface area contributed by atoms with Gasteiger partial charge in [-0.15, -0.1) is 0 Å². The Morgan fingerprint density at radius 2 is 1.86 bits per heavy atom. The Morgan fingerprint density at radius 3 is 2.63 bits per heavy atom. The minimum atomic E-state index is -3.80. The van der Waals surface area contributed by atoms with Crippen LogP contribution in [0.1, 0.15) is 49.9 Å². The van der Waals surface area contributed by atoms with Crippen LogP contribution in [0.5, 0.6) is 0 Å². The lowest BCUT2D eigenvalue weighted by Gasteiger charge is -2.35. The van der Waals surface area contributed by atoms with Crippen molar-refractivity contribution in [2.24, 2.45) is 5.92 Å². The van der Waals surface area contributed by atoms with Crippen LogP contribution in [0, 0.1) is 5.92 Å². The Labute approximate surface area is 208 Å². The molecule has 186 valence electrons. The smallest absolute Gasteiger partial charge is 0.261 e. The zero-order chi connectivity index (χ0) is 24.8. The van der Waals surface area contributed by atoms with E-state index in [9.17, 15) is 13.2 Å². The largest absolute Gasteiger partial charge is 0.334 e. The van der Waals surface area contributed by atoms with E-state index in [0.717, 1.165) is 49.5 Å². The molecule has 0 spiro atoms. The van der Waals surface area contributed by atoms with Gasteiger partial charge in [0.1, 0.15) is 0 Å². The molecular weight excluding hydrogens is 458 g/mol. The van der Waals surface area contributed by atoms with Crippen molar-refractivity contribution in [3.8, 4) is 0 Å². The molecule has 0 saturated carbocycles. The molecule has 6 nitrogen and oxygen atoms in total. The minimum absolute atomic E-state index is 0.0417. The molecule has 2 atom stereocenters. The van der Waals surface area contributed by atoms with Gasteiger partial charge >= 0.3 is 0 Å². The third kappa shape index (κ3) is 5.85. The van der Waals surface area contributed by atoms with Crippen molar-refractivity contribution in [2.45, 2.75) is 50.5 Å². The van der Waals surface area contributed by atoms with Crippen LogP contribution in [-0.4, -0.2) is 44.9 Å². The number of hydrogen-bond acceptors (Lipinski definition) is 4. The maximum Gasteiger partial charge on any atom is 0.261 e. The number of amides is 1. The topological polar surface area (TPSA) is 78.5 Å². The Kier molecular flexibility index (Phi) is 8.08. The fourth-order valence-electron chi connectivity index (χ4n) is 5.04. The molecule has 0 aliphatic carbocycles. The van der Waals surface area contributed by atoms with Crippen LogP contribution in [-0.2, 0) is 10.0 Å². The van der Waals surface area contributed by atoms with E-state index in [1.165, 1.54) is 0 Å². The molecule has 2 unspecified atom stereocenters.